The average molecular weight is 291 g/mol. The van der Waals surface area contributed by atoms with E-state index in [0.29, 0.717) is 5.69 Å². The minimum atomic E-state index is -1.01. The number of hydrogen-bond donors (Lipinski definition) is 1. The van der Waals surface area contributed by atoms with Gasteiger partial charge in [0, 0.05) is 5.92 Å². The number of rotatable bonds is 3. The summed E-state index contributed by atoms with van der Waals surface area (Å²) in [6, 6.07) is 5.96. The molecule has 104 valence electrons. The summed E-state index contributed by atoms with van der Waals surface area (Å²) >= 11 is 6.26. The number of halogens is 1. The third-order valence-corrected chi connectivity index (χ3v) is 3.83. The van der Waals surface area contributed by atoms with Gasteiger partial charge in [0.05, 0.1) is 11.4 Å². The smallest absolute Gasteiger partial charge is 0.340 e. The van der Waals surface area contributed by atoms with E-state index in [2.05, 4.69) is 11.2 Å². The third-order valence-electron chi connectivity index (χ3n) is 3.49. The maximum absolute atomic E-state index is 11.4. The number of hydrogen-bond acceptors (Lipinski definition) is 2. The Balaban J connectivity index is 2.18. The summed E-state index contributed by atoms with van der Waals surface area (Å²) in [7, 11) is 0. The van der Waals surface area contributed by atoms with Crippen LogP contribution in [0.2, 0.25) is 5.15 Å². The van der Waals surface area contributed by atoms with Gasteiger partial charge in [-0.05, 0) is 49.9 Å². The Kier molecular flexibility index (Phi) is 3.05. The molecule has 1 N–H and O–H groups in total. The standard InChI is InChI=1S/C15H15ClN2O2/c1-8-5-9(2)7-11(6-8)18-14(16)12(15(19)20)13(17-18)10-3-4-10/h5-7,10H,3-4H2,1-2H3,(H,19,20). The molecule has 0 saturated heterocycles. The molecule has 1 saturated carbocycles. The zero-order valence-electron chi connectivity index (χ0n) is 11.4. The molecule has 5 heteroatoms. The van der Waals surface area contributed by atoms with Crippen LogP contribution in [0.15, 0.2) is 18.2 Å². The van der Waals surface area contributed by atoms with Crippen molar-refractivity contribution in [3.05, 3.63) is 45.7 Å². The fourth-order valence-corrected chi connectivity index (χ4v) is 2.81. The molecule has 0 amide bonds. The van der Waals surface area contributed by atoms with Crippen LogP contribution in [0.4, 0.5) is 0 Å². The molecule has 0 unspecified atom stereocenters. The average Bonchev–Trinajstić information content (AvgIpc) is 3.11. The predicted molar refractivity (Wildman–Crippen MR) is 77.0 cm³/mol. The molecule has 0 spiro atoms. The van der Waals surface area contributed by atoms with Crippen molar-refractivity contribution in [2.24, 2.45) is 0 Å². The second kappa shape index (κ2) is 4.63. The molecular formula is C15H15ClN2O2. The van der Waals surface area contributed by atoms with Crippen molar-refractivity contribution in [3.8, 4) is 5.69 Å². The summed E-state index contributed by atoms with van der Waals surface area (Å²) in [6.45, 7) is 3.99. The lowest BCUT2D eigenvalue weighted by Crippen LogP contribution is -2.00. The van der Waals surface area contributed by atoms with E-state index < -0.39 is 5.97 Å². The second-order valence-corrected chi connectivity index (χ2v) is 5.75. The number of aromatic nitrogens is 2. The minimum Gasteiger partial charge on any atom is -0.478 e. The Morgan fingerprint density at radius 1 is 1.30 bits per heavy atom. The lowest BCUT2D eigenvalue weighted by molar-refractivity contribution is 0.0696. The first-order chi connectivity index (χ1) is 9.47. The highest BCUT2D eigenvalue weighted by Gasteiger charge is 2.34. The number of nitrogens with zero attached hydrogens (tertiary/aromatic N) is 2. The summed E-state index contributed by atoms with van der Waals surface area (Å²) in [5, 5.41) is 14.0. The van der Waals surface area contributed by atoms with Gasteiger partial charge in [0.2, 0.25) is 0 Å². The number of carboxylic acid groups (broad SMARTS) is 1. The van der Waals surface area contributed by atoms with Gasteiger partial charge in [-0.25, -0.2) is 9.48 Å². The van der Waals surface area contributed by atoms with Crippen molar-refractivity contribution >= 4 is 17.6 Å². The Morgan fingerprint density at radius 3 is 2.40 bits per heavy atom. The molecule has 1 fully saturated rings. The first kappa shape index (κ1) is 13.2. The highest BCUT2D eigenvalue weighted by atomic mass is 35.5. The van der Waals surface area contributed by atoms with Gasteiger partial charge >= 0.3 is 5.97 Å². The fraction of sp³-hybridized carbons (Fsp3) is 0.333. The lowest BCUT2D eigenvalue weighted by Gasteiger charge is -2.06. The summed E-state index contributed by atoms with van der Waals surface area (Å²) in [4.78, 5) is 11.4. The van der Waals surface area contributed by atoms with E-state index >= 15 is 0 Å². The summed E-state index contributed by atoms with van der Waals surface area (Å²) in [6.07, 6.45) is 1.97. The maximum Gasteiger partial charge on any atom is 0.340 e. The van der Waals surface area contributed by atoms with Crippen LogP contribution in [0.25, 0.3) is 5.69 Å². The zero-order valence-corrected chi connectivity index (χ0v) is 12.1. The van der Waals surface area contributed by atoms with Gasteiger partial charge in [-0.15, -0.1) is 0 Å². The highest BCUT2D eigenvalue weighted by Crippen LogP contribution is 2.43. The SMILES string of the molecule is Cc1cc(C)cc(-n2nc(C3CC3)c(C(=O)O)c2Cl)c1. The van der Waals surface area contributed by atoms with E-state index in [1.165, 1.54) is 0 Å². The van der Waals surface area contributed by atoms with Crippen molar-refractivity contribution in [1.82, 2.24) is 9.78 Å². The number of aromatic carboxylic acids is 1. The number of carboxylic acids is 1. The first-order valence-corrected chi connectivity index (χ1v) is 6.95. The minimum absolute atomic E-state index is 0.147. The Morgan fingerprint density at radius 2 is 1.90 bits per heavy atom. The van der Waals surface area contributed by atoms with Crippen LogP contribution in [0.3, 0.4) is 0 Å². The van der Waals surface area contributed by atoms with Crippen LogP contribution in [-0.4, -0.2) is 20.9 Å². The summed E-state index contributed by atoms with van der Waals surface area (Å²) in [5.74, 6) is -0.765. The van der Waals surface area contributed by atoms with Crippen LogP contribution in [0.5, 0.6) is 0 Å². The van der Waals surface area contributed by atoms with Gasteiger partial charge in [-0.3, -0.25) is 0 Å². The van der Waals surface area contributed by atoms with E-state index in [4.69, 9.17) is 11.6 Å². The molecule has 0 radical (unpaired) electrons. The molecule has 20 heavy (non-hydrogen) atoms. The number of aryl methyl sites for hydroxylation is 2. The monoisotopic (exact) mass is 290 g/mol. The van der Waals surface area contributed by atoms with E-state index in [-0.39, 0.29) is 16.6 Å². The lowest BCUT2D eigenvalue weighted by atomic mass is 10.1. The molecule has 0 aliphatic heterocycles. The molecule has 1 aliphatic rings. The van der Waals surface area contributed by atoms with Crippen molar-refractivity contribution < 1.29 is 9.90 Å². The maximum atomic E-state index is 11.4. The molecule has 0 bridgehead atoms. The van der Waals surface area contributed by atoms with Gasteiger partial charge in [0.1, 0.15) is 10.7 Å². The highest BCUT2D eigenvalue weighted by molar-refractivity contribution is 6.33. The topological polar surface area (TPSA) is 55.1 Å². The van der Waals surface area contributed by atoms with Crippen molar-refractivity contribution in [3.63, 3.8) is 0 Å². The normalized spacial score (nSPS) is 14.6. The third kappa shape index (κ3) is 2.20. The Bertz CT molecular complexity index is 682. The van der Waals surface area contributed by atoms with Crippen LogP contribution >= 0.6 is 11.6 Å². The van der Waals surface area contributed by atoms with Gasteiger partial charge < -0.3 is 5.11 Å². The van der Waals surface area contributed by atoms with Crippen LogP contribution < -0.4 is 0 Å². The van der Waals surface area contributed by atoms with Gasteiger partial charge in [0.25, 0.3) is 0 Å². The summed E-state index contributed by atoms with van der Waals surface area (Å²) < 4.78 is 1.54. The largest absolute Gasteiger partial charge is 0.478 e. The predicted octanol–water partition coefficient (Wildman–Crippen LogP) is 3.72. The molecule has 2 aromatic rings. The van der Waals surface area contributed by atoms with Crippen LogP contribution in [0.1, 0.15) is 45.9 Å². The Labute approximate surface area is 122 Å². The number of benzene rings is 1. The van der Waals surface area contributed by atoms with Crippen molar-refractivity contribution in [1.29, 1.82) is 0 Å². The molecule has 1 heterocycles. The quantitative estimate of drug-likeness (QED) is 0.937. The zero-order chi connectivity index (χ0) is 14.4. The van der Waals surface area contributed by atoms with Crippen LogP contribution in [0, 0.1) is 13.8 Å². The van der Waals surface area contributed by atoms with Crippen LogP contribution in [-0.2, 0) is 0 Å². The summed E-state index contributed by atoms with van der Waals surface area (Å²) in [5.41, 5.74) is 3.75. The van der Waals surface area contributed by atoms with E-state index in [9.17, 15) is 9.90 Å². The molecule has 3 rings (SSSR count). The van der Waals surface area contributed by atoms with Crippen molar-refractivity contribution in [2.75, 3.05) is 0 Å². The van der Waals surface area contributed by atoms with Gasteiger partial charge in [-0.1, -0.05) is 17.7 Å². The van der Waals surface area contributed by atoms with Gasteiger partial charge in [0.15, 0.2) is 0 Å². The van der Waals surface area contributed by atoms with E-state index in [1.54, 1.807) is 4.68 Å². The van der Waals surface area contributed by atoms with Gasteiger partial charge in [-0.2, -0.15) is 5.10 Å². The fourth-order valence-electron chi connectivity index (χ4n) is 2.50. The molecule has 4 nitrogen and oxygen atoms in total. The van der Waals surface area contributed by atoms with E-state index in [0.717, 1.165) is 29.7 Å². The van der Waals surface area contributed by atoms with E-state index in [1.807, 2.05) is 26.0 Å². The first-order valence-electron chi connectivity index (χ1n) is 6.57. The molecule has 1 aromatic carbocycles. The molecule has 0 atom stereocenters. The molecular weight excluding hydrogens is 276 g/mol. The van der Waals surface area contributed by atoms with Crippen molar-refractivity contribution in [2.45, 2.75) is 32.6 Å². The second-order valence-electron chi connectivity index (χ2n) is 5.39. The molecule has 1 aliphatic carbocycles. The number of carbonyl (C=O) groups is 1. The molecule has 1 aromatic heterocycles. The Hall–Kier alpha value is -1.81.